The number of carbonyl (C=O) groups excluding carboxylic acids is 2. The lowest BCUT2D eigenvalue weighted by atomic mass is 10.1. The summed E-state index contributed by atoms with van der Waals surface area (Å²) in [5, 5.41) is 5.80. The fourth-order valence-corrected chi connectivity index (χ4v) is 3.53. The average Bonchev–Trinajstić information content (AvgIpc) is 3.02. The number of benzene rings is 1. The van der Waals surface area contributed by atoms with E-state index in [-0.39, 0.29) is 29.1 Å². The Kier molecular flexibility index (Phi) is 3.56. The Labute approximate surface area is 144 Å². The number of rotatable bonds is 2. The van der Waals surface area contributed by atoms with Crippen molar-refractivity contribution in [3.05, 3.63) is 58.5 Å². The fourth-order valence-electron chi connectivity index (χ4n) is 3.53. The van der Waals surface area contributed by atoms with Crippen molar-refractivity contribution >= 4 is 23.2 Å². The van der Waals surface area contributed by atoms with Gasteiger partial charge in [-0.3, -0.25) is 14.4 Å². The number of anilines is 2. The molecule has 1 saturated heterocycles. The Bertz CT molecular complexity index is 921. The zero-order chi connectivity index (χ0) is 17.6. The molecule has 0 unspecified atom stereocenters. The topological polar surface area (TPSA) is 83.4 Å². The van der Waals surface area contributed by atoms with Crippen LogP contribution in [0.4, 0.5) is 11.4 Å². The quantitative estimate of drug-likeness (QED) is 0.845. The zero-order valence-corrected chi connectivity index (χ0v) is 13.7. The number of carbonyl (C=O) groups is 2. The Morgan fingerprint density at radius 2 is 2.00 bits per heavy atom. The van der Waals surface area contributed by atoms with Crippen molar-refractivity contribution in [2.24, 2.45) is 7.05 Å². The predicted octanol–water partition coefficient (Wildman–Crippen LogP) is 0.715. The third-order valence-electron chi connectivity index (χ3n) is 4.78. The molecule has 1 aromatic carbocycles. The van der Waals surface area contributed by atoms with E-state index in [9.17, 15) is 14.4 Å². The molecule has 0 radical (unpaired) electrons. The first-order chi connectivity index (χ1) is 12.0. The number of para-hydroxylation sites is 2. The molecule has 7 nitrogen and oxygen atoms in total. The molecule has 2 aromatic rings. The summed E-state index contributed by atoms with van der Waals surface area (Å²) in [5.41, 5.74) is 1.52. The fraction of sp³-hybridized carbons (Fsp3) is 0.278. The second kappa shape index (κ2) is 5.77. The normalized spacial score (nSPS) is 21.3. The van der Waals surface area contributed by atoms with Gasteiger partial charge in [0.1, 0.15) is 11.6 Å². The molecule has 2 atom stereocenters. The van der Waals surface area contributed by atoms with Gasteiger partial charge in [-0.2, -0.15) is 0 Å². The SMILES string of the molecule is Cn1cccc(C(=O)N[C@H]2C[C@H]3C(=O)Nc4ccccc4N3C2)c1=O. The highest BCUT2D eigenvalue weighted by Crippen LogP contribution is 2.36. The number of hydrogen-bond donors (Lipinski definition) is 2. The highest BCUT2D eigenvalue weighted by atomic mass is 16.2. The van der Waals surface area contributed by atoms with Crippen LogP contribution in [0.3, 0.4) is 0 Å². The molecule has 7 heteroatoms. The van der Waals surface area contributed by atoms with E-state index in [0.717, 1.165) is 11.4 Å². The van der Waals surface area contributed by atoms with Gasteiger partial charge >= 0.3 is 0 Å². The highest BCUT2D eigenvalue weighted by molar-refractivity contribution is 6.04. The van der Waals surface area contributed by atoms with Crippen LogP contribution in [0, 0.1) is 0 Å². The van der Waals surface area contributed by atoms with Crippen LogP contribution >= 0.6 is 0 Å². The maximum atomic E-state index is 12.5. The molecule has 0 saturated carbocycles. The van der Waals surface area contributed by atoms with Gasteiger partial charge in [0, 0.05) is 25.8 Å². The van der Waals surface area contributed by atoms with E-state index in [1.165, 1.54) is 10.6 Å². The van der Waals surface area contributed by atoms with Crippen LogP contribution in [-0.2, 0) is 11.8 Å². The smallest absolute Gasteiger partial charge is 0.263 e. The molecule has 0 bridgehead atoms. The third-order valence-corrected chi connectivity index (χ3v) is 4.78. The van der Waals surface area contributed by atoms with Crippen molar-refractivity contribution in [1.29, 1.82) is 0 Å². The van der Waals surface area contributed by atoms with Crippen LogP contribution in [0.15, 0.2) is 47.4 Å². The molecule has 2 N–H and O–H groups in total. The summed E-state index contributed by atoms with van der Waals surface area (Å²) in [5.74, 6) is -0.467. The first-order valence-corrected chi connectivity index (χ1v) is 8.17. The van der Waals surface area contributed by atoms with E-state index in [4.69, 9.17) is 0 Å². The van der Waals surface area contributed by atoms with E-state index >= 15 is 0 Å². The molecule has 1 aromatic heterocycles. The van der Waals surface area contributed by atoms with Gasteiger partial charge in [-0.05, 0) is 30.7 Å². The van der Waals surface area contributed by atoms with Crippen molar-refractivity contribution in [3.8, 4) is 0 Å². The first-order valence-electron chi connectivity index (χ1n) is 8.17. The number of nitrogens with zero attached hydrogens (tertiary/aromatic N) is 2. The summed E-state index contributed by atoms with van der Waals surface area (Å²) in [6.07, 6.45) is 2.12. The van der Waals surface area contributed by atoms with Crippen LogP contribution in [0.1, 0.15) is 16.8 Å². The first kappa shape index (κ1) is 15.4. The number of aryl methyl sites for hydroxylation is 1. The summed E-state index contributed by atoms with van der Waals surface area (Å²) in [6, 6.07) is 10.3. The van der Waals surface area contributed by atoms with Crippen molar-refractivity contribution in [1.82, 2.24) is 9.88 Å². The second-order valence-electron chi connectivity index (χ2n) is 6.42. The van der Waals surface area contributed by atoms with E-state index in [2.05, 4.69) is 10.6 Å². The number of hydrogen-bond acceptors (Lipinski definition) is 4. The van der Waals surface area contributed by atoms with Crippen LogP contribution < -0.4 is 21.1 Å². The van der Waals surface area contributed by atoms with Gasteiger partial charge in [-0.25, -0.2) is 0 Å². The lowest BCUT2D eigenvalue weighted by Gasteiger charge is -2.32. The van der Waals surface area contributed by atoms with Gasteiger partial charge < -0.3 is 20.1 Å². The van der Waals surface area contributed by atoms with Gasteiger partial charge in [0.05, 0.1) is 11.4 Å². The summed E-state index contributed by atoms with van der Waals surface area (Å²) in [6.45, 7) is 0.536. The van der Waals surface area contributed by atoms with Gasteiger partial charge in [0.15, 0.2) is 0 Å². The molecule has 25 heavy (non-hydrogen) atoms. The predicted molar refractivity (Wildman–Crippen MR) is 93.8 cm³/mol. The molecule has 128 valence electrons. The number of fused-ring (bicyclic) bond motifs is 3. The molecule has 0 aliphatic carbocycles. The molecule has 2 aliphatic heterocycles. The third kappa shape index (κ3) is 2.57. The van der Waals surface area contributed by atoms with Gasteiger partial charge in [-0.15, -0.1) is 0 Å². The molecule has 1 fully saturated rings. The molecule has 4 rings (SSSR count). The second-order valence-corrected chi connectivity index (χ2v) is 6.42. The van der Waals surface area contributed by atoms with Gasteiger partial charge in [-0.1, -0.05) is 12.1 Å². The van der Waals surface area contributed by atoms with Gasteiger partial charge in [0.25, 0.3) is 11.5 Å². The molecular weight excluding hydrogens is 320 g/mol. The van der Waals surface area contributed by atoms with Crippen molar-refractivity contribution < 1.29 is 9.59 Å². The summed E-state index contributed by atoms with van der Waals surface area (Å²) in [7, 11) is 1.61. The Balaban J connectivity index is 1.55. The lowest BCUT2D eigenvalue weighted by molar-refractivity contribution is -0.117. The van der Waals surface area contributed by atoms with Crippen LogP contribution in [0.2, 0.25) is 0 Å². The van der Waals surface area contributed by atoms with Crippen molar-refractivity contribution in [3.63, 3.8) is 0 Å². The Morgan fingerprint density at radius 3 is 2.84 bits per heavy atom. The summed E-state index contributed by atoms with van der Waals surface area (Å²) >= 11 is 0. The molecule has 2 amide bonds. The van der Waals surface area contributed by atoms with Crippen LogP contribution in [0.5, 0.6) is 0 Å². The largest absolute Gasteiger partial charge is 0.356 e. The van der Waals surface area contributed by atoms with E-state index < -0.39 is 5.91 Å². The zero-order valence-electron chi connectivity index (χ0n) is 13.7. The highest BCUT2D eigenvalue weighted by Gasteiger charge is 2.41. The van der Waals surface area contributed by atoms with Crippen molar-refractivity contribution in [2.75, 3.05) is 16.8 Å². The van der Waals surface area contributed by atoms with E-state index in [1.54, 1.807) is 19.3 Å². The standard InChI is InChI=1S/C18H18N4O3/c1-21-8-4-5-12(18(21)25)16(23)19-11-9-15-17(24)20-13-6-2-3-7-14(13)22(15)10-11/h2-8,11,15H,9-10H2,1H3,(H,19,23)(H,20,24)/t11-,15-/m0/s1. The minimum absolute atomic E-state index is 0.0638. The summed E-state index contributed by atoms with van der Waals surface area (Å²) < 4.78 is 1.37. The minimum Gasteiger partial charge on any atom is -0.356 e. The van der Waals surface area contributed by atoms with Gasteiger partial charge in [0.2, 0.25) is 5.91 Å². The van der Waals surface area contributed by atoms with E-state index in [0.29, 0.717) is 13.0 Å². The maximum absolute atomic E-state index is 12.5. The number of nitrogens with one attached hydrogen (secondary N) is 2. The molecular formula is C18H18N4O3. The number of amides is 2. The molecule has 3 heterocycles. The number of aromatic nitrogens is 1. The molecule has 0 spiro atoms. The summed E-state index contributed by atoms with van der Waals surface area (Å²) in [4.78, 5) is 38.9. The Morgan fingerprint density at radius 1 is 1.20 bits per heavy atom. The van der Waals surface area contributed by atoms with Crippen molar-refractivity contribution in [2.45, 2.75) is 18.5 Å². The monoisotopic (exact) mass is 338 g/mol. The maximum Gasteiger partial charge on any atom is 0.263 e. The number of pyridine rings is 1. The van der Waals surface area contributed by atoms with Crippen LogP contribution in [-0.4, -0.2) is 35.0 Å². The lowest BCUT2D eigenvalue weighted by Crippen LogP contribution is -2.44. The molecule has 2 aliphatic rings. The average molecular weight is 338 g/mol. The minimum atomic E-state index is -0.403. The van der Waals surface area contributed by atoms with E-state index in [1.807, 2.05) is 29.2 Å². The van der Waals surface area contributed by atoms with Crippen LogP contribution in [0.25, 0.3) is 0 Å². The Hall–Kier alpha value is -3.09.